The Bertz CT molecular complexity index is 1360. The molecule has 13 heteroatoms. The molecule has 1 aliphatic rings. The molecule has 0 bridgehead atoms. The van der Waals surface area contributed by atoms with E-state index in [0.29, 0.717) is 30.2 Å². The number of aromatic amines is 1. The molecule has 1 fully saturated rings. The van der Waals surface area contributed by atoms with Crippen LogP contribution >= 0.6 is 0 Å². The average Bonchev–Trinajstić information content (AvgIpc) is 3.41. The molecule has 2 heterocycles. The van der Waals surface area contributed by atoms with Crippen molar-refractivity contribution >= 4 is 24.0 Å². The van der Waals surface area contributed by atoms with Gasteiger partial charge >= 0.3 is 6.18 Å². The number of H-pyrrole nitrogens is 1. The molecule has 1 aromatic heterocycles. The smallest absolute Gasteiger partial charge is 0.342 e. The van der Waals surface area contributed by atoms with Crippen molar-refractivity contribution in [2.24, 2.45) is 0 Å². The molecule has 0 aliphatic carbocycles. The summed E-state index contributed by atoms with van der Waals surface area (Å²) in [6, 6.07) is 10.9. The number of benzene rings is 2. The van der Waals surface area contributed by atoms with E-state index in [1.54, 1.807) is 0 Å². The van der Waals surface area contributed by atoms with E-state index in [0.717, 1.165) is 10.5 Å². The highest BCUT2D eigenvalue weighted by molar-refractivity contribution is 5.98. The molecular weight excluding hydrogens is 510 g/mol. The molecule has 198 valence electrons. The zero-order valence-electron chi connectivity index (χ0n) is 19.7. The van der Waals surface area contributed by atoms with Gasteiger partial charge in [0.25, 0.3) is 11.8 Å². The molecule has 3 aromatic rings. The Balaban J connectivity index is 1.38. The van der Waals surface area contributed by atoms with E-state index in [-0.39, 0.29) is 25.3 Å². The molecular formula is C25H21F4N5O4. The monoisotopic (exact) mass is 531 g/mol. The number of nitrogens with zero attached hydrogens (tertiary/aromatic N) is 3. The number of carbonyl (C=O) groups excluding carboxylic acids is 4. The summed E-state index contributed by atoms with van der Waals surface area (Å²) in [6.45, 7) is -1.11. The van der Waals surface area contributed by atoms with Crippen LogP contribution in [0, 0.1) is 5.82 Å². The van der Waals surface area contributed by atoms with Gasteiger partial charge in [-0.3, -0.25) is 19.5 Å². The number of amides is 3. The van der Waals surface area contributed by atoms with Crippen LogP contribution in [0.15, 0.2) is 54.6 Å². The summed E-state index contributed by atoms with van der Waals surface area (Å²) in [5, 5.41) is 9.11. The van der Waals surface area contributed by atoms with E-state index in [1.807, 2.05) is 30.3 Å². The SMILES string of the molecule is O=CC1CN(C(=O)CNC(=O)c2cc(-c3ccccc3)n[nH]2)CCN1C(=O)c1cc(F)ccc1C(F)(F)F. The molecule has 1 saturated heterocycles. The van der Waals surface area contributed by atoms with Crippen molar-refractivity contribution in [3.05, 3.63) is 77.2 Å². The maximum Gasteiger partial charge on any atom is 0.417 e. The van der Waals surface area contributed by atoms with Crippen molar-refractivity contribution in [1.29, 1.82) is 0 Å². The van der Waals surface area contributed by atoms with Crippen LogP contribution in [0.2, 0.25) is 0 Å². The summed E-state index contributed by atoms with van der Waals surface area (Å²) < 4.78 is 53.7. The number of halogens is 4. The highest BCUT2D eigenvalue weighted by atomic mass is 19.4. The zero-order chi connectivity index (χ0) is 27.4. The maximum atomic E-state index is 13.7. The lowest BCUT2D eigenvalue weighted by atomic mass is 10.0. The fourth-order valence-electron chi connectivity index (χ4n) is 4.06. The van der Waals surface area contributed by atoms with Crippen LogP contribution in [0.5, 0.6) is 0 Å². The molecule has 1 aliphatic heterocycles. The number of carbonyl (C=O) groups is 4. The zero-order valence-corrected chi connectivity index (χ0v) is 19.7. The van der Waals surface area contributed by atoms with E-state index in [1.165, 1.54) is 11.0 Å². The van der Waals surface area contributed by atoms with Crippen molar-refractivity contribution in [3.8, 4) is 11.3 Å². The first-order valence-corrected chi connectivity index (χ1v) is 11.4. The molecule has 38 heavy (non-hydrogen) atoms. The largest absolute Gasteiger partial charge is 0.417 e. The third-order valence-corrected chi connectivity index (χ3v) is 6.00. The third kappa shape index (κ3) is 5.71. The lowest BCUT2D eigenvalue weighted by Crippen LogP contribution is -2.58. The van der Waals surface area contributed by atoms with Gasteiger partial charge in [-0.1, -0.05) is 30.3 Å². The second-order valence-electron chi connectivity index (χ2n) is 8.44. The van der Waals surface area contributed by atoms with Gasteiger partial charge in [-0.15, -0.1) is 0 Å². The summed E-state index contributed by atoms with van der Waals surface area (Å²) in [5.74, 6) is -3.38. The standard InChI is InChI=1S/C25H21F4N5O4/c26-16-6-7-19(25(27,28)29)18(10-16)24(38)34-9-8-33(13-17(34)14-35)22(36)12-30-23(37)21-11-20(31-32-21)15-4-2-1-3-5-15/h1-7,10-11,14,17H,8-9,12-13H2,(H,30,37)(H,31,32). The van der Waals surface area contributed by atoms with Gasteiger partial charge in [0.2, 0.25) is 5.91 Å². The predicted octanol–water partition coefficient (Wildman–Crippen LogP) is 2.52. The van der Waals surface area contributed by atoms with Crippen molar-refractivity contribution in [1.82, 2.24) is 25.3 Å². The quantitative estimate of drug-likeness (QED) is 0.375. The number of rotatable bonds is 6. The fraction of sp³-hybridized carbons (Fsp3) is 0.240. The molecule has 0 radical (unpaired) electrons. The number of nitrogens with one attached hydrogen (secondary N) is 2. The molecule has 9 nitrogen and oxygen atoms in total. The van der Waals surface area contributed by atoms with Gasteiger partial charge in [0.15, 0.2) is 0 Å². The molecule has 4 rings (SSSR count). The molecule has 3 amide bonds. The van der Waals surface area contributed by atoms with E-state index >= 15 is 0 Å². The number of aldehydes is 1. The second-order valence-corrected chi connectivity index (χ2v) is 8.44. The van der Waals surface area contributed by atoms with Gasteiger partial charge in [0, 0.05) is 25.2 Å². The van der Waals surface area contributed by atoms with Crippen molar-refractivity contribution in [2.75, 3.05) is 26.2 Å². The minimum atomic E-state index is -4.91. The molecule has 1 atom stereocenters. The van der Waals surface area contributed by atoms with Crippen LogP contribution in [0.1, 0.15) is 26.4 Å². The van der Waals surface area contributed by atoms with Gasteiger partial charge < -0.3 is 19.9 Å². The molecule has 0 saturated carbocycles. The Labute approximate surface area is 213 Å². The first-order valence-electron chi connectivity index (χ1n) is 11.4. The highest BCUT2D eigenvalue weighted by Crippen LogP contribution is 2.33. The summed E-state index contributed by atoms with van der Waals surface area (Å²) >= 11 is 0. The first kappa shape index (κ1) is 26.5. The van der Waals surface area contributed by atoms with Gasteiger partial charge in [-0.25, -0.2) is 4.39 Å². The Morgan fingerprint density at radius 1 is 1.08 bits per heavy atom. The minimum Gasteiger partial charge on any atom is -0.342 e. The Kier molecular flexibility index (Phi) is 7.55. The topological polar surface area (TPSA) is 115 Å². The van der Waals surface area contributed by atoms with E-state index in [4.69, 9.17) is 0 Å². The summed E-state index contributed by atoms with van der Waals surface area (Å²) in [7, 11) is 0. The van der Waals surface area contributed by atoms with Gasteiger partial charge in [-0.2, -0.15) is 18.3 Å². The van der Waals surface area contributed by atoms with Crippen molar-refractivity contribution < 1.29 is 36.7 Å². The van der Waals surface area contributed by atoms with Gasteiger partial charge in [0.1, 0.15) is 23.8 Å². The minimum absolute atomic E-state index is 0.107. The summed E-state index contributed by atoms with van der Waals surface area (Å²) in [4.78, 5) is 51.8. The lowest BCUT2D eigenvalue weighted by Gasteiger charge is -2.39. The predicted molar refractivity (Wildman–Crippen MR) is 125 cm³/mol. The first-order chi connectivity index (χ1) is 18.1. The van der Waals surface area contributed by atoms with Crippen molar-refractivity contribution in [3.63, 3.8) is 0 Å². The molecule has 1 unspecified atom stereocenters. The van der Waals surface area contributed by atoms with Crippen LogP contribution in [0.25, 0.3) is 11.3 Å². The highest BCUT2D eigenvalue weighted by Gasteiger charge is 2.39. The Hall–Kier alpha value is -4.55. The van der Waals surface area contributed by atoms with Crippen LogP contribution in [0.4, 0.5) is 17.6 Å². The number of hydrogen-bond acceptors (Lipinski definition) is 5. The lowest BCUT2D eigenvalue weighted by molar-refractivity contribution is -0.138. The number of piperazine rings is 1. The number of aromatic nitrogens is 2. The van der Waals surface area contributed by atoms with Gasteiger partial charge in [-0.05, 0) is 24.3 Å². The average molecular weight is 531 g/mol. The van der Waals surface area contributed by atoms with Crippen LogP contribution in [-0.4, -0.2) is 76.2 Å². The van der Waals surface area contributed by atoms with E-state index in [2.05, 4.69) is 15.5 Å². The Morgan fingerprint density at radius 2 is 1.82 bits per heavy atom. The Morgan fingerprint density at radius 3 is 2.50 bits per heavy atom. The molecule has 2 N–H and O–H groups in total. The molecule has 0 spiro atoms. The van der Waals surface area contributed by atoms with Crippen LogP contribution in [-0.2, 0) is 15.8 Å². The summed E-state index contributed by atoms with van der Waals surface area (Å²) in [6.07, 6.45) is -4.58. The van der Waals surface area contributed by atoms with Crippen molar-refractivity contribution in [2.45, 2.75) is 12.2 Å². The van der Waals surface area contributed by atoms with E-state index < -0.39 is 53.4 Å². The van der Waals surface area contributed by atoms with Gasteiger partial charge in [0.05, 0.1) is 23.4 Å². The normalized spacial score (nSPS) is 15.7. The summed E-state index contributed by atoms with van der Waals surface area (Å²) in [5.41, 5.74) is -0.821. The van der Waals surface area contributed by atoms with Crippen LogP contribution < -0.4 is 5.32 Å². The number of alkyl halides is 3. The van der Waals surface area contributed by atoms with Crippen LogP contribution in [0.3, 0.4) is 0 Å². The maximum absolute atomic E-state index is 13.7. The fourth-order valence-corrected chi connectivity index (χ4v) is 4.06. The van der Waals surface area contributed by atoms with E-state index in [9.17, 15) is 36.7 Å². The number of hydrogen-bond donors (Lipinski definition) is 2. The third-order valence-electron chi connectivity index (χ3n) is 6.00. The molecule has 2 aromatic carbocycles. The second kappa shape index (κ2) is 10.8.